The summed E-state index contributed by atoms with van der Waals surface area (Å²) in [5.41, 5.74) is 1.95. The number of carbonyl (C=O) groups is 1. The molecule has 0 radical (unpaired) electrons. The number of aromatic nitrogens is 2. The van der Waals surface area contributed by atoms with Gasteiger partial charge in [-0.3, -0.25) is 14.9 Å². The van der Waals surface area contributed by atoms with Gasteiger partial charge in [-0.15, -0.1) is 11.3 Å². The monoisotopic (exact) mass is 277 g/mol. The van der Waals surface area contributed by atoms with Gasteiger partial charge in [0.1, 0.15) is 4.88 Å². The molecule has 0 atom stereocenters. The minimum atomic E-state index is -0.865. The van der Waals surface area contributed by atoms with Crippen molar-refractivity contribution in [2.24, 2.45) is 0 Å². The van der Waals surface area contributed by atoms with E-state index in [9.17, 15) is 4.79 Å². The van der Waals surface area contributed by atoms with Crippen molar-refractivity contribution >= 4 is 17.3 Å². The van der Waals surface area contributed by atoms with Crippen LogP contribution in [0, 0.1) is 6.92 Å². The van der Waals surface area contributed by atoms with Crippen molar-refractivity contribution in [2.45, 2.75) is 20.0 Å². The van der Waals surface area contributed by atoms with Gasteiger partial charge in [0.2, 0.25) is 0 Å². The van der Waals surface area contributed by atoms with E-state index in [-0.39, 0.29) is 0 Å². The summed E-state index contributed by atoms with van der Waals surface area (Å²) < 4.78 is 0. The second kappa shape index (κ2) is 5.90. The number of thiophene rings is 1. The van der Waals surface area contributed by atoms with Gasteiger partial charge in [-0.2, -0.15) is 0 Å². The second-order valence-corrected chi connectivity index (χ2v) is 5.62. The predicted molar refractivity (Wildman–Crippen MR) is 73.2 cm³/mol. The molecule has 2 heterocycles. The van der Waals surface area contributed by atoms with Crippen LogP contribution >= 0.6 is 11.3 Å². The molecule has 0 aromatic carbocycles. The Labute approximate surface area is 115 Å². The quantitative estimate of drug-likeness (QED) is 0.907. The SMILES string of the molecule is Cc1sc(C(=O)O)cc1CN(C)Cc1cnccn1. The molecule has 0 aliphatic carbocycles. The Kier molecular flexibility index (Phi) is 4.24. The Hall–Kier alpha value is -1.79. The van der Waals surface area contributed by atoms with Crippen LogP contribution in [0.3, 0.4) is 0 Å². The number of hydrogen-bond donors (Lipinski definition) is 1. The van der Waals surface area contributed by atoms with E-state index in [0.29, 0.717) is 18.0 Å². The standard InChI is InChI=1S/C13H15N3O2S/c1-9-10(5-12(19-9)13(17)18)7-16(2)8-11-6-14-3-4-15-11/h3-6H,7-8H2,1-2H3,(H,17,18). The number of hydrogen-bond acceptors (Lipinski definition) is 5. The molecule has 100 valence electrons. The molecule has 19 heavy (non-hydrogen) atoms. The smallest absolute Gasteiger partial charge is 0.345 e. The summed E-state index contributed by atoms with van der Waals surface area (Å²) in [6.07, 6.45) is 5.05. The van der Waals surface area contributed by atoms with Crippen molar-refractivity contribution in [3.8, 4) is 0 Å². The van der Waals surface area contributed by atoms with Crippen LogP contribution in [0.15, 0.2) is 24.7 Å². The first-order valence-electron chi connectivity index (χ1n) is 5.82. The molecule has 2 aromatic rings. The van der Waals surface area contributed by atoms with E-state index in [1.165, 1.54) is 11.3 Å². The van der Waals surface area contributed by atoms with Crippen molar-refractivity contribution < 1.29 is 9.90 Å². The molecule has 6 heteroatoms. The van der Waals surface area contributed by atoms with E-state index in [2.05, 4.69) is 14.9 Å². The molecule has 0 saturated heterocycles. The van der Waals surface area contributed by atoms with E-state index < -0.39 is 5.97 Å². The van der Waals surface area contributed by atoms with Crippen LogP contribution in [0.4, 0.5) is 0 Å². The zero-order valence-electron chi connectivity index (χ0n) is 10.8. The summed E-state index contributed by atoms with van der Waals surface area (Å²) in [4.78, 5) is 22.7. The fourth-order valence-electron chi connectivity index (χ4n) is 1.82. The van der Waals surface area contributed by atoms with Crippen LogP contribution in [0.25, 0.3) is 0 Å². The number of rotatable bonds is 5. The van der Waals surface area contributed by atoms with Crippen LogP contribution in [-0.4, -0.2) is 33.0 Å². The lowest BCUT2D eigenvalue weighted by atomic mass is 10.2. The lowest BCUT2D eigenvalue weighted by molar-refractivity contribution is 0.0702. The first-order valence-corrected chi connectivity index (χ1v) is 6.64. The van der Waals surface area contributed by atoms with Gasteiger partial charge in [0.25, 0.3) is 0 Å². The summed E-state index contributed by atoms with van der Waals surface area (Å²) in [5, 5.41) is 8.97. The molecule has 0 aliphatic heterocycles. The highest BCUT2D eigenvalue weighted by Gasteiger charge is 2.12. The highest BCUT2D eigenvalue weighted by molar-refractivity contribution is 7.14. The Morgan fingerprint density at radius 2 is 2.21 bits per heavy atom. The van der Waals surface area contributed by atoms with E-state index in [4.69, 9.17) is 5.11 Å². The topological polar surface area (TPSA) is 66.3 Å². The van der Waals surface area contributed by atoms with Crippen molar-refractivity contribution in [1.82, 2.24) is 14.9 Å². The van der Waals surface area contributed by atoms with Gasteiger partial charge in [0, 0.05) is 36.6 Å². The van der Waals surface area contributed by atoms with Gasteiger partial charge in [-0.05, 0) is 25.6 Å². The van der Waals surface area contributed by atoms with Crippen LogP contribution in [0.2, 0.25) is 0 Å². The first kappa shape index (κ1) is 13.6. The molecule has 0 fully saturated rings. The Balaban J connectivity index is 2.03. The van der Waals surface area contributed by atoms with Crippen LogP contribution < -0.4 is 0 Å². The largest absolute Gasteiger partial charge is 0.477 e. The van der Waals surface area contributed by atoms with Crippen molar-refractivity contribution in [3.63, 3.8) is 0 Å². The summed E-state index contributed by atoms with van der Waals surface area (Å²) in [5.74, 6) is -0.865. The molecular formula is C13H15N3O2S. The predicted octanol–water partition coefficient (Wildman–Crippen LogP) is 2.18. The van der Waals surface area contributed by atoms with E-state index in [1.807, 2.05) is 14.0 Å². The van der Waals surface area contributed by atoms with Crippen LogP contribution in [0.1, 0.15) is 25.8 Å². The molecule has 0 aliphatic rings. The minimum Gasteiger partial charge on any atom is -0.477 e. The lowest BCUT2D eigenvalue weighted by Crippen LogP contribution is -2.18. The fourth-order valence-corrected chi connectivity index (χ4v) is 2.69. The van der Waals surface area contributed by atoms with Gasteiger partial charge in [-0.25, -0.2) is 4.79 Å². The Morgan fingerprint density at radius 3 is 2.79 bits per heavy atom. The number of nitrogens with zero attached hydrogens (tertiary/aromatic N) is 3. The van der Waals surface area contributed by atoms with Crippen molar-refractivity contribution in [2.75, 3.05) is 7.05 Å². The summed E-state index contributed by atoms with van der Waals surface area (Å²) in [7, 11) is 1.98. The normalized spacial score (nSPS) is 10.9. The fraction of sp³-hybridized carbons (Fsp3) is 0.308. The summed E-state index contributed by atoms with van der Waals surface area (Å²) in [6, 6.07) is 1.75. The van der Waals surface area contributed by atoms with Crippen molar-refractivity contribution in [1.29, 1.82) is 0 Å². The van der Waals surface area contributed by atoms with Gasteiger partial charge in [0.15, 0.2) is 0 Å². The number of aryl methyl sites for hydroxylation is 1. The average Bonchev–Trinajstić information content (AvgIpc) is 2.72. The zero-order chi connectivity index (χ0) is 13.8. The Morgan fingerprint density at radius 1 is 1.42 bits per heavy atom. The van der Waals surface area contributed by atoms with Gasteiger partial charge < -0.3 is 5.11 Å². The maximum absolute atomic E-state index is 10.9. The van der Waals surface area contributed by atoms with E-state index in [1.54, 1.807) is 24.7 Å². The average molecular weight is 277 g/mol. The molecule has 0 saturated carbocycles. The number of aromatic carboxylic acids is 1. The third kappa shape index (κ3) is 3.59. The zero-order valence-corrected chi connectivity index (χ0v) is 11.6. The molecule has 5 nitrogen and oxygen atoms in total. The second-order valence-electron chi connectivity index (χ2n) is 4.37. The maximum Gasteiger partial charge on any atom is 0.345 e. The molecule has 0 amide bonds. The van der Waals surface area contributed by atoms with E-state index in [0.717, 1.165) is 16.1 Å². The van der Waals surface area contributed by atoms with Gasteiger partial charge >= 0.3 is 5.97 Å². The summed E-state index contributed by atoms with van der Waals surface area (Å²) in [6.45, 7) is 3.33. The third-order valence-electron chi connectivity index (χ3n) is 2.72. The molecule has 0 bridgehead atoms. The molecular weight excluding hydrogens is 262 g/mol. The molecule has 1 N–H and O–H groups in total. The number of carboxylic acid groups (broad SMARTS) is 1. The molecule has 2 rings (SSSR count). The first-order chi connectivity index (χ1) is 9.06. The van der Waals surface area contributed by atoms with Gasteiger partial charge in [0.05, 0.1) is 5.69 Å². The Bertz CT molecular complexity index is 569. The summed E-state index contributed by atoms with van der Waals surface area (Å²) >= 11 is 1.32. The molecule has 2 aromatic heterocycles. The maximum atomic E-state index is 10.9. The molecule has 0 spiro atoms. The van der Waals surface area contributed by atoms with Gasteiger partial charge in [-0.1, -0.05) is 0 Å². The van der Waals surface area contributed by atoms with Crippen LogP contribution in [-0.2, 0) is 13.1 Å². The van der Waals surface area contributed by atoms with Crippen molar-refractivity contribution in [3.05, 3.63) is 45.7 Å². The highest BCUT2D eigenvalue weighted by atomic mass is 32.1. The lowest BCUT2D eigenvalue weighted by Gasteiger charge is -2.15. The third-order valence-corrected chi connectivity index (χ3v) is 3.80. The molecule has 0 unspecified atom stereocenters. The number of carboxylic acids is 1. The van der Waals surface area contributed by atoms with Crippen LogP contribution in [0.5, 0.6) is 0 Å². The van der Waals surface area contributed by atoms with E-state index >= 15 is 0 Å². The minimum absolute atomic E-state index is 0.389. The highest BCUT2D eigenvalue weighted by Crippen LogP contribution is 2.23.